The quantitative estimate of drug-likeness (QED) is 0.303. The molecule has 0 bridgehead atoms. The number of unbranched alkanes of at least 4 members (excludes halogenated alkanes) is 11. The molecule has 8 nitrogen and oxygen atoms in total. The molecule has 0 aromatic carbocycles. The maximum Gasteiger partial charge on any atom is 0.404 e. The number of aliphatic hydroxyl groups is 2. The average molecular weight is 409 g/mol. The summed E-state index contributed by atoms with van der Waals surface area (Å²) in [5.74, 6) is 0. The van der Waals surface area contributed by atoms with Gasteiger partial charge in [0.1, 0.15) is 0 Å². The normalized spacial score (nSPS) is 9.43. The molecule has 28 heavy (non-hydrogen) atoms. The molecule has 0 aliphatic heterocycles. The van der Waals surface area contributed by atoms with Crippen molar-refractivity contribution < 1.29 is 29.3 Å². The predicted molar refractivity (Wildman–Crippen MR) is 112 cm³/mol. The highest BCUT2D eigenvalue weighted by atomic mass is 16.5. The number of primary amides is 2. The summed E-state index contributed by atoms with van der Waals surface area (Å²) >= 11 is 0. The molecule has 8 heteroatoms. The highest BCUT2D eigenvalue weighted by Crippen LogP contribution is 2.11. The van der Waals surface area contributed by atoms with Crippen LogP contribution in [0.5, 0.6) is 0 Å². The van der Waals surface area contributed by atoms with Crippen LogP contribution >= 0.6 is 0 Å². The Morgan fingerprint density at radius 1 is 0.571 bits per heavy atom. The number of aliphatic hydroxyl groups excluding tert-OH is 2. The minimum absolute atomic E-state index is 0.355. The smallest absolute Gasteiger partial charge is 0.404 e. The lowest BCUT2D eigenvalue weighted by molar-refractivity contribution is 0.162. The van der Waals surface area contributed by atoms with E-state index in [9.17, 15) is 9.59 Å². The molecule has 0 aliphatic carbocycles. The number of hydrogen-bond acceptors (Lipinski definition) is 6. The largest absolute Gasteiger partial charge is 0.450 e. The zero-order chi connectivity index (χ0) is 21.9. The second-order valence-corrected chi connectivity index (χ2v) is 6.19. The standard InChI is InChI=1S/C14H30O2.2C3H7NO2/c15-13-11-9-7-5-3-1-2-4-6-8-10-12-14-16;2*1-2-6-3(4)5/h15-16H,1-14H2;2*2H2,1H3,(H2,4,5). The molecule has 0 spiro atoms. The van der Waals surface area contributed by atoms with E-state index in [0.717, 1.165) is 12.8 Å². The van der Waals surface area contributed by atoms with Crippen LogP contribution < -0.4 is 11.5 Å². The lowest BCUT2D eigenvalue weighted by atomic mass is 10.1. The number of amides is 2. The molecule has 0 saturated carbocycles. The van der Waals surface area contributed by atoms with E-state index in [2.05, 4.69) is 20.9 Å². The van der Waals surface area contributed by atoms with Crippen molar-refractivity contribution in [2.45, 2.75) is 90.9 Å². The minimum atomic E-state index is -0.711. The van der Waals surface area contributed by atoms with Gasteiger partial charge in [-0.3, -0.25) is 0 Å². The molecule has 170 valence electrons. The van der Waals surface area contributed by atoms with E-state index < -0.39 is 12.2 Å². The summed E-state index contributed by atoms with van der Waals surface area (Å²) in [7, 11) is 0. The molecule has 0 atom stereocenters. The summed E-state index contributed by atoms with van der Waals surface area (Å²) in [5, 5.41) is 17.2. The van der Waals surface area contributed by atoms with Gasteiger partial charge in [-0.1, -0.05) is 64.2 Å². The molecule has 0 aromatic heterocycles. The van der Waals surface area contributed by atoms with Crippen LogP contribution in [0.15, 0.2) is 0 Å². The molecule has 2 amide bonds. The molecule has 0 rings (SSSR count). The summed E-state index contributed by atoms with van der Waals surface area (Å²) in [6, 6.07) is 0. The van der Waals surface area contributed by atoms with E-state index in [1.165, 1.54) is 64.2 Å². The van der Waals surface area contributed by atoms with Crippen LogP contribution in [0, 0.1) is 0 Å². The molecule has 0 saturated heterocycles. The zero-order valence-corrected chi connectivity index (χ0v) is 18.0. The summed E-state index contributed by atoms with van der Waals surface area (Å²) < 4.78 is 8.36. The third-order valence-corrected chi connectivity index (χ3v) is 3.64. The van der Waals surface area contributed by atoms with E-state index in [1.54, 1.807) is 13.8 Å². The van der Waals surface area contributed by atoms with Gasteiger partial charge in [-0.15, -0.1) is 0 Å². The van der Waals surface area contributed by atoms with Gasteiger partial charge in [-0.05, 0) is 26.7 Å². The number of hydrogen-bond donors (Lipinski definition) is 4. The highest BCUT2D eigenvalue weighted by Gasteiger charge is 1.93. The van der Waals surface area contributed by atoms with Gasteiger partial charge in [0.25, 0.3) is 0 Å². The fourth-order valence-electron chi connectivity index (χ4n) is 2.28. The van der Waals surface area contributed by atoms with Gasteiger partial charge in [0.05, 0.1) is 13.2 Å². The maximum atomic E-state index is 9.60. The van der Waals surface area contributed by atoms with Crippen molar-refractivity contribution in [3.05, 3.63) is 0 Å². The molecule has 0 unspecified atom stereocenters. The molecule has 0 heterocycles. The Kier molecular flexibility index (Phi) is 33.6. The fourth-order valence-corrected chi connectivity index (χ4v) is 2.28. The third kappa shape index (κ3) is 44.2. The van der Waals surface area contributed by atoms with Gasteiger partial charge in [0.2, 0.25) is 0 Å². The van der Waals surface area contributed by atoms with Crippen molar-refractivity contribution in [2.75, 3.05) is 26.4 Å². The SMILES string of the molecule is CCOC(N)=O.CCOC(N)=O.OCCCCCCCCCCCCCCO. The van der Waals surface area contributed by atoms with E-state index in [-0.39, 0.29) is 0 Å². The first-order valence-corrected chi connectivity index (χ1v) is 10.5. The lowest BCUT2D eigenvalue weighted by Crippen LogP contribution is -2.11. The van der Waals surface area contributed by atoms with Crippen molar-refractivity contribution >= 4 is 12.2 Å². The Balaban J connectivity index is -0.000000426. The number of ether oxygens (including phenoxy) is 2. The molecule has 0 fully saturated rings. The Bertz CT molecular complexity index is 287. The Morgan fingerprint density at radius 2 is 0.786 bits per heavy atom. The Morgan fingerprint density at radius 3 is 0.893 bits per heavy atom. The summed E-state index contributed by atoms with van der Waals surface area (Å²) in [5.41, 5.74) is 9.08. The number of carbonyl (C=O) groups is 2. The second kappa shape index (κ2) is 30.2. The lowest BCUT2D eigenvalue weighted by Gasteiger charge is -2.02. The number of carbonyl (C=O) groups excluding carboxylic acids is 2. The van der Waals surface area contributed by atoms with Crippen LogP contribution in [0.25, 0.3) is 0 Å². The molecular weight excluding hydrogens is 364 g/mol. The first-order valence-electron chi connectivity index (χ1n) is 10.5. The molecule has 0 aromatic rings. The molecule has 0 radical (unpaired) electrons. The minimum Gasteiger partial charge on any atom is -0.450 e. The Labute approximate surface area is 171 Å². The van der Waals surface area contributed by atoms with Crippen LogP contribution in [0.3, 0.4) is 0 Å². The average Bonchev–Trinajstić information content (AvgIpc) is 2.63. The van der Waals surface area contributed by atoms with Crippen LogP contribution in [-0.4, -0.2) is 48.8 Å². The van der Waals surface area contributed by atoms with Crippen molar-refractivity contribution in [1.82, 2.24) is 0 Å². The number of nitrogens with two attached hydrogens (primary N) is 2. The van der Waals surface area contributed by atoms with Crippen molar-refractivity contribution in [3.63, 3.8) is 0 Å². The van der Waals surface area contributed by atoms with Crippen LogP contribution in [0.4, 0.5) is 9.59 Å². The van der Waals surface area contributed by atoms with E-state index in [0.29, 0.717) is 26.4 Å². The maximum absolute atomic E-state index is 9.60. The summed E-state index contributed by atoms with van der Waals surface area (Å²) in [4.78, 5) is 19.2. The third-order valence-electron chi connectivity index (χ3n) is 3.64. The van der Waals surface area contributed by atoms with Crippen molar-refractivity contribution in [2.24, 2.45) is 11.5 Å². The zero-order valence-electron chi connectivity index (χ0n) is 18.0. The van der Waals surface area contributed by atoms with Crippen LogP contribution in [0.2, 0.25) is 0 Å². The molecular formula is C20H44N2O6. The van der Waals surface area contributed by atoms with Gasteiger partial charge in [-0.2, -0.15) is 0 Å². The second-order valence-electron chi connectivity index (χ2n) is 6.19. The molecule has 6 N–H and O–H groups in total. The first kappa shape index (κ1) is 31.2. The fraction of sp³-hybridized carbons (Fsp3) is 0.900. The summed E-state index contributed by atoms with van der Waals surface area (Å²) in [6.07, 6.45) is 13.6. The summed E-state index contributed by atoms with van der Waals surface area (Å²) in [6.45, 7) is 4.82. The van der Waals surface area contributed by atoms with Gasteiger partial charge in [0, 0.05) is 13.2 Å². The van der Waals surface area contributed by atoms with Gasteiger partial charge >= 0.3 is 12.2 Å². The van der Waals surface area contributed by atoms with Gasteiger partial charge in [-0.25, -0.2) is 9.59 Å². The first-order chi connectivity index (χ1) is 13.5. The van der Waals surface area contributed by atoms with Crippen LogP contribution in [-0.2, 0) is 9.47 Å². The Hall–Kier alpha value is -1.54. The van der Waals surface area contributed by atoms with E-state index >= 15 is 0 Å². The van der Waals surface area contributed by atoms with Gasteiger partial charge < -0.3 is 31.2 Å². The van der Waals surface area contributed by atoms with Gasteiger partial charge in [0.15, 0.2) is 0 Å². The highest BCUT2D eigenvalue weighted by molar-refractivity contribution is 5.64. The predicted octanol–water partition coefficient (Wildman–Crippen LogP) is 3.86. The van der Waals surface area contributed by atoms with Crippen LogP contribution in [0.1, 0.15) is 90.9 Å². The van der Waals surface area contributed by atoms with Crippen molar-refractivity contribution in [1.29, 1.82) is 0 Å². The topological polar surface area (TPSA) is 145 Å². The van der Waals surface area contributed by atoms with Crippen molar-refractivity contribution in [3.8, 4) is 0 Å². The van der Waals surface area contributed by atoms with E-state index in [4.69, 9.17) is 10.2 Å². The molecule has 0 aliphatic rings. The number of rotatable bonds is 15. The van der Waals surface area contributed by atoms with E-state index in [1.807, 2.05) is 0 Å². The monoisotopic (exact) mass is 408 g/mol.